The van der Waals surface area contributed by atoms with Crippen LogP contribution in [0.25, 0.3) is 0 Å². The molecular formula is C5H2F6O3. The standard InChI is InChI=1S/C5H2F6O3/c6-1-2(12)14-3(13)4(7,8)5(9,10)11/h1H2. The molecule has 3 nitrogen and oxygen atoms in total. The normalized spacial score (nSPS) is 12.4. The largest absolute Gasteiger partial charge is 0.465 e. The van der Waals surface area contributed by atoms with Crippen LogP contribution < -0.4 is 0 Å². The molecular weight excluding hydrogens is 222 g/mol. The molecule has 0 aromatic carbocycles. The highest BCUT2D eigenvalue weighted by Gasteiger charge is 2.65. The summed E-state index contributed by atoms with van der Waals surface area (Å²) in [5.74, 6) is -11.1. The Bertz CT molecular complexity index is 244. The van der Waals surface area contributed by atoms with Crippen LogP contribution in [0.1, 0.15) is 0 Å². The van der Waals surface area contributed by atoms with Crippen molar-refractivity contribution in [1.29, 1.82) is 0 Å². The van der Waals surface area contributed by atoms with Crippen LogP contribution in [-0.2, 0) is 14.3 Å². The number of rotatable bonds is 2. The average Bonchev–Trinajstić information content (AvgIpc) is 2.01. The minimum absolute atomic E-state index is 1.97. The van der Waals surface area contributed by atoms with Crippen molar-refractivity contribution in [1.82, 2.24) is 0 Å². The summed E-state index contributed by atoms with van der Waals surface area (Å²) >= 11 is 0. The number of esters is 2. The molecule has 0 radical (unpaired) electrons. The van der Waals surface area contributed by atoms with Gasteiger partial charge in [-0.3, -0.25) is 0 Å². The van der Waals surface area contributed by atoms with E-state index in [4.69, 9.17) is 0 Å². The number of halogens is 6. The van der Waals surface area contributed by atoms with Crippen molar-refractivity contribution in [2.45, 2.75) is 12.1 Å². The predicted octanol–water partition coefficient (Wildman–Crippen LogP) is 1.22. The quantitative estimate of drug-likeness (QED) is 0.402. The van der Waals surface area contributed by atoms with Gasteiger partial charge in [-0.15, -0.1) is 0 Å². The first-order valence-electron chi connectivity index (χ1n) is 2.88. The molecule has 0 aromatic heterocycles. The molecule has 0 fully saturated rings. The zero-order valence-electron chi connectivity index (χ0n) is 6.20. The van der Waals surface area contributed by atoms with Crippen LogP contribution in [0.4, 0.5) is 26.3 Å². The van der Waals surface area contributed by atoms with Crippen molar-refractivity contribution < 1.29 is 40.7 Å². The van der Waals surface area contributed by atoms with E-state index >= 15 is 0 Å². The predicted molar refractivity (Wildman–Crippen MR) is 28.1 cm³/mol. The Labute approximate surface area is 72.6 Å². The van der Waals surface area contributed by atoms with Gasteiger partial charge in [-0.05, 0) is 0 Å². The molecule has 0 saturated carbocycles. The fourth-order valence-electron chi connectivity index (χ4n) is 0.310. The zero-order chi connectivity index (χ0) is 11.6. The van der Waals surface area contributed by atoms with Crippen LogP contribution in [0.2, 0.25) is 0 Å². The molecule has 0 heterocycles. The Morgan fingerprint density at radius 1 is 1.07 bits per heavy atom. The van der Waals surface area contributed by atoms with Crippen molar-refractivity contribution >= 4 is 11.9 Å². The van der Waals surface area contributed by atoms with Crippen molar-refractivity contribution in [3.63, 3.8) is 0 Å². The lowest BCUT2D eigenvalue weighted by atomic mass is 10.3. The van der Waals surface area contributed by atoms with Crippen LogP contribution in [0, 0.1) is 0 Å². The lowest BCUT2D eigenvalue weighted by Crippen LogP contribution is -2.46. The van der Waals surface area contributed by atoms with Crippen molar-refractivity contribution in [3.8, 4) is 0 Å². The maximum Gasteiger partial charge on any atom is 0.465 e. The molecule has 82 valence electrons. The molecule has 0 rings (SSSR count). The lowest BCUT2D eigenvalue weighted by molar-refractivity contribution is -0.279. The van der Waals surface area contributed by atoms with E-state index in [1.807, 2.05) is 0 Å². The van der Waals surface area contributed by atoms with E-state index in [2.05, 4.69) is 4.74 Å². The number of carbonyl (C=O) groups is 2. The highest BCUT2D eigenvalue weighted by Crippen LogP contribution is 2.36. The van der Waals surface area contributed by atoms with Gasteiger partial charge < -0.3 is 4.74 Å². The summed E-state index contributed by atoms with van der Waals surface area (Å²) in [6, 6.07) is 0. The first kappa shape index (κ1) is 12.7. The number of hydrogen-bond donors (Lipinski definition) is 0. The van der Waals surface area contributed by atoms with Gasteiger partial charge in [0.05, 0.1) is 0 Å². The number of alkyl halides is 6. The Kier molecular flexibility index (Phi) is 3.49. The molecule has 0 aromatic rings. The van der Waals surface area contributed by atoms with Gasteiger partial charge in [0.15, 0.2) is 6.67 Å². The van der Waals surface area contributed by atoms with E-state index in [1.54, 1.807) is 0 Å². The van der Waals surface area contributed by atoms with E-state index in [1.165, 1.54) is 0 Å². The van der Waals surface area contributed by atoms with E-state index < -0.39 is 30.7 Å². The first-order valence-corrected chi connectivity index (χ1v) is 2.88. The van der Waals surface area contributed by atoms with Crippen LogP contribution >= 0.6 is 0 Å². The fourth-order valence-corrected chi connectivity index (χ4v) is 0.310. The van der Waals surface area contributed by atoms with Gasteiger partial charge in [-0.25, -0.2) is 14.0 Å². The van der Waals surface area contributed by atoms with Gasteiger partial charge in [0, 0.05) is 0 Å². The molecule has 0 amide bonds. The summed E-state index contributed by atoms with van der Waals surface area (Å²) in [6.45, 7) is -1.97. The second kappa shape index (κ2) is 3.84. The van der Waals surface area contributed by atoms with Gasteiger partial charge in [-0.2, -0.15) is 22.0 Å². The number of ether oxygens (including phenoxy) is 1. The maximum atomic E-state index is 11.9. The van der Waals surface area contributed by atoms with Crippen LogP contribution in [-0.4, -0.2) is 30.7 Å². The Hall–Kier alpha value is -1.28. The van der Waals surface area contributed by atoms with E-state index in [-0.39, 0.29) is 0 Å². The molecule has 0 N–H and O–H groups in total. The van der Waals surface area contributed by atoms with Crippen LogP contribution in [0.3, 0.4) is 0 Å². The third-order valence-corrected chi connectivity index (χ3v) is 0.928. The third-order valence-electron chi connectivity index (χ3n) is 0.928. The molecule has 0 atom stereocenters. The molecule has 14 heavy (non-hydrogen) atoms. The third kappa shape index (κ3) is 2.60. The highest BCUT2D eigenvalue weighted by atomic mass is 19.4. The highest BCUT2D eigenvalue weighted by molar-refractivity contribution is 5.90. The summed E-state index contributed by atoms with van der Waals surface area (Å²) in [4.78, 5) is 19.9. The average molecular weight is 224 g/mol. The first-order chi connectivity index (χ1) is 6.13. The zero-order valence-corrected chi connectivity index (χ0v) is 6.20. The topological polar surface area (TPSA) is 43.4 Å². The Morgan fingerprint density at radius 2 is 1.50 bits per heavy atom. The van der Waals surface area contributed by atoms with Gasteiger partial charge in [0.25, 0.3) is 0 Å². The lowest BCUT2D eigenvalue weighted by Gasteiger charge is -2.16. The number of carbonyl (C=O) groups excluding carboxylic acids is 2. The van der Waals surface area contributed by atoms with Crippen molar-refractivity contribution in [2.24, 2.45) is 0 Å². The summed E-state index contributed by atoms with van der Waals surface area (Å²) in [5, 5.41) is 0. The molecule has 9 heteroatoms. The molecule has 0 bridgehead atoms. The number of hydrogen-bond acceptors (Lipinski definition) is 3. The second-order valence-corrected chi connectivity index (χ2v) is 1.97. The SMILES string of the molecule is O=C(CF)OC(=O)C(F)(F)C(F)(F)F. The molecule has 0 aliphatic heterocycles. The summed E-state index contributed by atoms with van der Waals surface area (Å²) < 4.78 is 72.2. The molecule has 0 aliphatic rings. The van der Waals surface area contributed by atoms with Crippen LogP contribution in [0.15, 0.2) is 0 Å². The summed E-state index contributed by atoms with van der Waals surface area (Å²) in [6.07, 6.45) is -6.18. The van der Waals surface area contributed by atoms with Gasteiger partial charge in [-0.1, -0.05) is 0 Å². The van der Waals surface area contributed by atoms with Gasteiger partial charge in [0.2, 0.25) is 0 Å². The minimum Gasteiger partial charge on any atom is -0.386 e. The smallest absolute Gasteiger partial charge is 0.386 e. The van der Waals surface area contributed by atoms with Gasteiger partial charge in [0.1, 0.15) is 0 Å². The Balaban J connectivity index is 4.61. The molecule has 0 saturated heterocycles. The van der Waals surface area contributed by atoms with E-state index in [9.17, 15) is 35.9 Å². The van der Waals surface area contributed by atoms with E-state index in [0.29, 0.717) is 0 Å². The fraction of sp³-hybridized carbons (Fsp3) is 0.600. The summed E-state index contributed by atoms with van der Waals surface area (Å²) in [5.41, 5.74) is 0. The van der Waals surface area contributed by atoms with E-state index in [0.717, 1.165) is 0 Å². The monoisotopic (exact) mass is 224 g/mol. The van der Waals surface area contributed by atoms with Crippen LogP contribution in [0.5, 0.6) is 0 Å². The minimum atomic E-state index is -6.18. The Morgan fingerprint density at radius 3 is 1.79 bits per heavy atom. The summed E-state index contributed by atoms with van der Waals surface area (Å²) in [7, 11) is 0. The molecule has 0 unspecified atom stereocenters. The maximum absolute atomic E-state index is 11.9. The van der Waals surface area contributed by atoms with Gasteiger partial charge >= 0.3 is 24.0 Å². The molecule has 0 spiro atoms. The second-order valence-electron chi connectivity index (χ2n) is 1.97. The van der Waals surface area contributed by atoms with Crippen molar-refractivity contribution in [2.75, 3.05) is 6.67 Å². The molecule has 0 aliphatic carbocycles. The van der Waals surface area contributed by atoms with Crippen molar-refractivity contribution in [3.05, 3.63) is 0 Å².